The topological polar surface area (TPSA) is 104 Å². The van der Waals surface area contributed by atoms with Crippen molar-refractivity contribution in [2.24, 2.45) is 0 Å². The molecule has 160 valence electrons. The van der Waals surface area contributed by atoms with Crippen LogP contribution in [0, 0.1) is 13.8 Å². The summed E-state index contributed by atoms with van der Waals surface area (Å²) in [5.41, 5.74) is 4.70. The molecule has 1 amide bonds. The van der Waals surface area contributed by atoms with Gasteiger partial charge in [-0.2, -0.15) is 10.2 Å². The van der Waals surface area contributed by atoms with Gasteiger partial charge in [0.2, 0.25) is 11.8 Å². The van der Waals surface area contributed by atoms with E-state index in [9.17, 15) is 4.79 Å². The van der Waals surface area contributed by atoms with Gasteiger partial charge in [-0.3, -0.25) is 14.2 Å². The van der Waals surface area contributed by atoms with Crippen LogP contribution in [0.3, 0.4) is 0 Å². The van der Waals surface area contributed by atoms with Gasteiger partial charge in [0.1, 0.15) is 5.69 Å². The van der Waals surface area contributed by atoms with Gasteiger partial charge in [-0.05, 0) is 32.4 Å². The Kier molecular flexibility index (Phi) is 5.92. The second-order valence-electron chi connectivity index (χ2n) is 7.45. The zero-order chi connectivity index (χ0) is 21.8. The van der Waals surface area contributed by atoms with Crippen molar-refractivity contribution < 1.29 is 9.21 Å². The fourth-order valence-corrected chi connectivity index (χ4v) is 3.26. The van der Waals surface area contributed by atoms with Crippen molar-refractivity contribution in [3.8, 4) is 11.6 Å². The molecule has 9 nitrogen and oxygen atoms in total. The number of anilines is 1. The fraction of sp³-hybridized carbons (Fsp3) is 0.318. The van der Waals surface area contributed by atoms with Crippen molar-refractivity contribution in [3.63, 3.8) is 0 Å². The van der Waals surface area contributed by atoms with Gasteiger partial charge in [0, 0.05) is 25.6 Å². The smallest absolute Gasteiger partial charge is 0.265 e. The van der Waals surface area contributed by atoms with Crippen LogP contribution in [0.4, 0.5) is 5.69 Å². The number of aromatic nitrogens is 6. The molecule has 0 saturated carbocycles. The van der Waals surface area contributed by atoms with Gasteiger partial charge in [0.15, 0.2) is 0 Å². The van der Waals surface area contributed by atoms with E-state index in [4.69, 9.17) is 4.42 Å². The van der Waals surface area contributed by atoms with Gasteiger partial charge in [0.25, 0.3) is 5.89 Å². The highest BCUT2D eigenvalue weighted by molar-refractivity contribution is 5.90. The first kappa shape index (κ1) is 20.5. The third-order valence-corrected chi connectivity index (χ3v) is 4.84. The molecule has 0 spiro atoms. The standard InChI is InChI=1S/C22H25N7O2/c1-4-29-19(11-16(3)27-29)22-26-25-21(31-22)10-9-20(30)24-18-12-23-28(14-18)13-17-7-5-15(2)6-8-17/h5-8,11-12,14H,4,9-10,13H2,1-3H3,(H,24,30). The van der Waals surface area contributed by atoms with Gasteiger partial charge in [-0.1, -0.05) is 29.8 Å². The molecule has 0 radical (unpaired) electrons. The number of nitrogens with zero attached hydrogens (tertiary/aromatic N) is 6. The van der Waals surface area contributed by atoms with Crippen molar-refractivity contribution in [2.75, 3.05) is 5.32 Å². The number of rotatable bonds is 8. The van der Waals surface area contributed by atoms with Gasteiger partial charge in [-0.15, -0.1) is 10.2 Å². The zero-order valence-corrected chi connectivity index (χ0v) is 17.9. The van der Waals surface area contributed by atoms with E-state index in [1.807, 2.05) is 30.8 Å². The Bertz CT molecular complexity index is 1170. The summed E-state index contributed by atoms with van der Waals surface area (Å²) in [7, 11) is 0. The third-order valence-electron chi connectivity index (χ3n) is 4.84. The van der Waals surface area contributed by atoms with Crippen LogP contribution in [0.1, 0.15) is 36.1 Å². The van der Waals surface area contributed by atoms with Crippen LogP contribution >= 0.6 is 0 Å². The quantitative estimate of drug-likeness (QED) is 0.469. The van der Waals surface area contributed by atoms with Gasteiger partial charge >= 0.3 is 0 Å². The van der Waals surface area contributed by atoms with E-state index in [0.717, 1.165) is 17.0 Å². The Balaban J connectivity index is 1.30. The summed E-state index contributed by atoms with van der Waals surface area (Å²) in [5, 5.41) is 19.7. The lowest BCUT2D eigenvalue weighted by atomic mass is 10.1. The SMILES string of the molecule is CCn1nc(C)cc1-c1nnc(CCC(=O)Nc2cnn(Cc3ccc(C)cc3)c2)o1. The van der Waals surface area contributed by atoms with E-state index >= 15 is 0 Å². The molecule has 0 fully saturated rings. The molecule has 3 heterocycles. The van der Waals surface area contributed by atoms with Crippen LogP contribution in [-0.2, 0) is 24.3 Å². The number of benzene rings is 1. The molecule has 9 heteroatoms. The minimum absolute atomic E-state index is 0.135. The summed E-state index contributed by atoms with van der Waals surface area (Å²) < 4.78 is 9.33. The Morgan fingerprint density at radius 3 is 2.74 bits per heavy atom. The molecule has 0 saturated heterocycles. The number of hydrogen-bond donors (Lipinski definition) is 1. The van der Waals surface area contributed by atoms with Crippen molar-refractivity contribution in [1.29, 1.82) is 0 Å². The van der Waals surface area contributed by atoms with E-state index in [2.05, 4.69) is 56.9 Å². The summed E-state index contributed by atoms with van der Waals surface area (Å²) in [5.74, 6) is 0.695. The first-order valence-corrected chi connectivity index (χ1v) is 10.2. The minimum Gasteiger partial charge on any atom is -0.419 e. The van der Waals surface area contributed by atoms with Crippen molar-refractivity contribution in [1.82, 2.24) is 29.8 Å². The highest BCUT2D eigenvalue weighted by Crippen LogP contribution is 2.20. The van der Waals surface area contributed by atoms with E-state index in [0.29, 0.717) is 37.0 Å². The van der Waals surface area contributed by atoms with Crippen molar-refractivity contribution in [2.45, 2.75) is 46.7 Å². The molecule has 4 rings (SSSR count). The molecule has 0 aliphatic heterocycles. The lowest BCUT2D eigenvalue weighted by Crippen LogP contribution is -2.12. The zero-order valence-electron chi connectivity index (χ0n) is 17.9. The van der Waals surface area contributed by atoms with Gasteiger partial charge < -0.3 is 9.73 Å². The van der Waals surface area contributed by atoms with E-state index in [1.54, 1.807) is 10.9 Å². The molecule has 1 N–H and O–H groups in total. The highest BCUT2D eigenvalue weighted by atomic mass is 16.4. The molecule has 0 aliphatic rings. The maximum atomic E-state index is 12.3. The molecule has 4 aromatic rings. The Hall–Kier alpha value is -3.75. The normalized spacial score (nSPS) is 11.1. The molecule has 0 unspecified atom stereocenters. The number of nitrogens with one attached hydrogen (secondary N) is 1. The Labute approximate surface area is 180 Å². The van der Waals surface area contributed by atoms with E-state index < -0.39 is 0 Å². The van der Waals surface area contributed by atoms with Crippen LogP contribution in [0.25, 0.3) is 11.6 Å². The summed E-state index contributed by atoms with van der Waals surface area (Å²) in [6.45, 7) is 7.33. The maximum absolute atomic E-state index is 12.3. The molecule has 3 aromatic heterocycles. The second-order valence-corrected chi connectivity index (χ2v) is 7.45. The summed E-state index contributed by atoms with van der Waals surface area (Å²) in [6, 6.07) is 10.2. The number of aryl methyl sites for hydroxylation is 4. The predicted molar refractivity (Wildman–Crippen MR) is 115 cm³/mol. The lowest BCUT2D eigenvalue weighted by Gasteiger charge is -2.03. The Morgan fingerprint density at radius 2 is 1.97 bits per heavy atom. The molecule has 0 bridgehead atoms. The molecular formula is C22H25N7O2. The summed E-state index contributed by atoms with van der Waals surface area (Å²) >= 11 is 0. The van der Waals surface area contributed by atoms with Crippen LogP contribution in [-0.4, -0.2) is 35.7 Å². The van der Waals surface area contributed by atoms with Crippen LogP contribution in [0.5, 0.6) is 0 Å². The van der Waals surface area contributed by atoms with Crippen LogP contribution < -0.4 is 5.32 Å². The predicted octanol–water partition coefficient (Wildman–Crippen LogP) is 3.39. The summed E-state index contributed by atoms with van der Waals surface area (Å²) in [4.78, 5) is 12.3. The van der Waals surface area contributed by atoms with E-state index in [1.165, 1.54) is 5.56 Å². The number of hydrogen-bond acceptors (Lipinski definition) is 6. The second kappa shape index (κ2) is 8.95. The van der Waals surface area contributed by atoms with Crippen molar-refractivity contribution in [3.05, 3.63) is 65.4 Å². The van der Waals surface area contributed by atoms with Crippen LogP contribution in [0.2, 0.25) is 0 Å². The average molecular weight is 419 g/mol. The maximum Gasteiger partial charge on any atom is 0.265 e. The largest absolute Gasteiger partial charge is 0.419 e. The first-order valence-electron chi connectivity index (χ1n) is 10.2. The molecule has 1 aromatic carbocycles. The summed E-state index contributed by atoms with van der Waals surface area (Å²) in [6.07, 6.45) is 4.05. The minimum atomic E-state index is -0.135. The monoisotopic (exact) mass is 419 g/mol. The van der Waals surface area contributed by atoms with Crippen LogP contribution in [0.15, 0.2) is 47.1 Å². The number of carbonyl (C=O) groups excluding carboxylic acids is 1. The lowest BCUT2D eigenvalue weighted by molar-refractivity contribution is -0.116. The molecule has 0 atom stereocenters. The third kappa shape index (κ3) is 5.06. The highest BCUT2D eigenvalue weighted by Gasteiger charge is 2.15. The van der Waals surface area contributed by atoms with Gasteiger partial charge in [-0.25, -0.2) is 0 Å². The molecule has 31 heavy (non-hydrogen) atoms. The van der Waals surface area contributed by atoms with Crippen molar-refractivity contribution >= 4 is 11.6 Å². The molecule has 0 aliphatic carbocycles. The van der Waals surface area contributed by atoms with Gasteiger partial charge in [0.05, 0.1) is 24.1 Å². The average Bonchev–Trinajstić information content (AvgIpc) is 3.48. The molecular weight excluding hydrogens is 394 g/mol. The number of carbonyl (C=O) groups is 1. The first-order chi connectivity index (χ1) is 15.0. The van der Waals surface area contributed by atoms with E-state index in [-0.39, 0.29) is 12.3 Å². The fourth-order valence-electron chi connectivity index (χ4n) is 3.26. The number of amides is 1. The Morgan fingerprint density at radius 1 is 1.16 bits per heavy atom.